The number of unbranched alkanes of at least 4 members (excludes halogenated alkanes) is 9. The van der Waals surface area contributed by atoms with Crippen LogP contribution >= 0.6 is 0 Å². The molecule has 5 fully saturated rings. The van der Waals surface area contributed by atoms with E-state index in [1.165, 1.54) is 264 Å². The summed E-state index contributed by atoms with van der Waals surface area (Å²) in [4.78, 5) is 25.0. The molecule has 0 aliphatic carbocycles. The molecule has 5 aliphatic rings. The minimum absolute atomic E-state index is 0. The third-order valence-electron chi connectivity index (χ3n) is 22.1. The summed E-state index contributed by atoms with van der Waals surface area (Å²) in [6.45, 7) is 93.0. The van der Waals surface area contributed by atoms with Crippen molar-refractivity contribution in [2.24, 2.45) is 5.92 Å². The molecular weight excluding hydrogens is 1260 g/mol. The van der Waals surface area contributed by atoms with Crippen molar-refractivity contribution in [1.29, 1.82) is 0 Å². The molecule has 10 nitrogen and oxygen atoms in total. The maximum Gasteiger partial charge on any atom is 1.00 e. The third-order valence-corrected chi connectivity index (χ3v) is 22.1. The fourth-order valence-corrected chi connectivity index (χ4v) is 14.5. The Balaban J connectivity index is -0.000000603. The Labute approximate surface area is 704 Å². The van der Waals surface area contributed by atoms with Gasteiger partial charge in [0.25, 0.3) is 0 Å². The van der Waals surface area contributed by atoms with E-state index in [1.807, 2.05) is 6.08 Å². The zero-order valence-electron chi connectivity index (χ0n) is 73.6. The number of allylic oxidation sites excluding steroid dienone is 9. The molecule has 0 bridgehead atoms. The van der Waals surface area contributed by atoms with Gasteiger partial charge in [0.1, 0.15) is 0 Å². The maximum absolute atomic E-state index is 4.28. The van der Waals surface area contributed by atoms with Gasteiger partial charge in [-0.3, -0.25) is 24.5 Å². The molecule has 5 heterocycles. The summed E-state index contributed by atoms with van der Waals surface area (Å²) < 4.78 is 0. The number of hydrogen-bond acceptors (Lipinski definition) is 10. The van der Waals surface area contributed by atoms with E-state index >= 15 is 0 Å². The van der Waals surface area contributed by atoms with Crippen LogP contribution in [0.2, 0.25) is 0 Å². The zero-order valence-corrected chi connectivity index (χ0v) is 73.6. The Hall–Kier alpha value is -1.26. The average Bonchev–Trinajstić information content (AvgIpc) is 0.899. The summed E-state index contributed by atoms with van der Waals surface area (Å²) in [5.74, 6) is 0.420. The van der Waals surface area contributed by atoms with Gasteiger partial charge in [-0.15, -0.1) is 30.9 Å². The van der Waals surface area contributed by atoms with Crippen LogP contribution in [0.4, 0.5) is 0 Å². The molecule has 0 amide bonds. The number of likely N-dealkylation sites (N-methyl/N-ethyl adjacent to an activating group) is 5. The Morgan fingerprint density at radius 2 is 0.600 bits per heavy atom. The van der Waals surface area contributed by atoms with Crippen molar-refractivity contribution in [2.45, 2.75) is 253 Å². The second kappa shape index (κ2) is 67.3. The number of piperazine rings is 5. The molecule has 6 unspecified atom stereocenters. The topological polar surface area (TPSA) is 32.4 Å². The van der Waals surface area contributed by atoms with Crippen LogP contribution in [0.15, 0.2) is 133 Å². The molecule has 0 spiro atoms. The van der Waals surface area contributed by atoms with Gasteiger partial charge < -0.3 is 31.4 Å². The van der Waals surface area contributed by atoms with Crippen LogP contribution in [-0.2, 0) is 0 Å². The van der Waals surface area contributed by atoms with Crippen molar-refractivity contribution in [1.82, 2.24) is 49.0 Å². The van der Waals surface area contributed by atoms with Crippen LogP contribution in [0, 0.1) is 33.6 Å². The molecule has 0 aromatic rings. The minimum atomic E-state index is 0. The SMILES string of the molecule is C=C(C)C(CC/C(=C\[CH2-])CCCCC)N1CCN(C)CC1.C=C(C)C(CC/C([CH2-])=C/CCCCC)N1CCN(C)CC1.C=C(C)C(CC/C([CH2-])=C\CCCCC)N1CCN(C)CC1.C=C(CCC(C(=C)C)N1CCN(C)CC1)C([CH2-])CCCC.C=CC(=C)CCC(C(=C)C)N1CCN(C)CC1.[Li+].[Li+].[Li+].[Li+]. The van der Waals surface area contributed by atoms with Crippen LogP contribution < -0.4 is 75.4 Å². The van der Waals surface area contributed by atoms with Gasteiger partial charge in [-0.2, -0.15) is 0 Å². The first-order chi connectivity index (χ1) is 48.2. The maximum atomic E-state index is 4.28. The Morgan fingerprint density at radius 3 is 0.857 bits per heavy atom. The molecule has 105 heavy (non-hydrogen) atoms. The molecule has 0 aromatic carbocycles. The van der Waals surface area contributed by atoms with Crippen molar-refractivity contribution in [3.8, 4) is 0 Å². The number of hydrogen-bond donors (Lipinski definition) is 0. The summed E-state index contributed by atoms with van der Waals surface area (Å²) in [7, 11) is 11.0. The first-order valence-electron chi connectivity index (χ1n) is 40.9. The predicted molar refractivity (Wildman–Crippen MR) is 454 cm³/mol. The molecule has 6 atom stereocenters. The van der Waals surface area contributed by atoms with Crippen LogP contribution in [0.25, 0.3) is 0 Å². The monoisotopic (exact) mass is 1430 g/mol. The van der Waals surface area contributed by atoms with E-state index in [4.69, 9.17) is 0 Å². The molecular formula is C91H166Li4N10. The van der Waals surface area contributed by atoms with Gasteiger partial charge in [0.2, 0.25) is 0 Å². The fraction of sp³-hybridized carbons (Fsp3) is 0.714. The van der Waals surface area contributed by atoms with Crippen molar-refractivity contribution in [3.05, 3.63) is 160 Å². The molecule has 5 rings (SSSR count). The number of nitrogens with zero attached hydrogens (tertiary/aromatic N) is 10. The van der Waals surface area contributed by atoms with E-state index in [1.54, 1.807) is 0 Å². The van der Waals surface area contributed by atoms with Gasteiger partial charge in [0, 0.05) is 161 Å². The first kappa shape index (κ1) is 110. The van der Waals surface area contributed by atoms with Gasteiger partial charge in [0.15, 0.2) is 0 Å². The third kappa shape index (κ3) is 51.2. The van der Waals surface area contributed by atoms with Crippen molar-refractivity contribution < 1.29 is 75.4 Å². The van der Waals surface area contributed by atoms with E-state index in [0.29, 0.717) is 36.1 Å². The molecule has 584 valence electrons. The second-order valence-electron chi connectivity index (χ2n) is 31.6. The summed E-state index contributed by atoms with van der Waals surface area (Å²) in [5.41, 5.74) is 13.1. The molecule has 5 aliphatic heterocycles. The summed E-state index contributed by atoms with van der Waals surface area (Å²) >= 11 is 0. The Kier molecular flexibility index (Phi) is 70.5. The normalized spacial score (nSPS) is 19.1. The summed E-state index contributed by atoms with van der Waals surface area (Å²) in [6.07, 6.45) is 39.0. The first-order valence-corrected chi connectivity index (χ1v) is 40.9. The van der Waals surface area contributed by atoms with Crippen molar-refractivity contribution in [3.63, 3.8) is 0 Å². The molecule has 0 saturated carbocycles. The van der Waals surface area contributed by atoms with E-state index in [0.717, 1.165) is 83.4 Å². The van der Waals surface area contributed by atoms with Crippen molar-refractivity contribution in [2.75, 3.05) is 166 Å². The molecule has 0 N–H and O–H groups in total. The minimum Gasteiger partial charge on any atom is -0.336 e. The summed E-state index contributed by atoms with van der Waals surface area (Å²) in [6, 6.07) is 2.60. The largest absolute Gasteiger partial charge is 1.00 e. The standard InChI is InChI=1S/4C19H35N2.C15H26N2.4Li/c1-7-8-9-17(4)18(5)10-11-19(16(2)3)21-14-12-20(6)13-15-21;2*1-6-7-8-9-10-18(4)11-12-19(17(2)3)21-15-13-20(5)14-16-21;1-6-8-9-10-18(7-2)11-12-19(17(3)4)21-15-13-20(5)14-16-21;1-6-14(4)7-8-15(13(2)3)17-11-9-16(5)10-12-17;;;;/h17,19H,2,4-5,7-15H2,1,3,6H3;2*10,19H,2,4,6-9,11-16H2,1,3,5H3;7,19H,2-3,6,8-16H2,1,4-5H3;6,15H,1-2,4,7-12H2,3,5H3;;;;/q4*-1;;4*+1/b;18-10+;18-10-;18-7-;;;;;. The van der Waals surface area contributed by atoms with Crippen LogP contribution in [0.5, 0.6) is 0 Å². The van der Waals surface area contributed by atoms with Crippen LogP contribution in [0.1, 0.15) is 223 Å². The van der Waals surface area contributed by atoms with E-state index < -0.39 is 0 Å². The predicted octanol–water partition coefficient (Wildman–Crippen LogP) is 7.77. The fourth-order valence-electron chi connectivity index (χ4n) is 14.5. The number of rotatable bonds is 42. The average molecular weight is 1430 g/mol. The van der Waals surface area contributed by atoms with Gasteiger partial charge in [0.05, 0.1) is 0 Å². The van der Waals surface area contributed by atoms with Gasteiger partial charge in [-0.05, 0) is 115 Å². The van der Waals surface area contributed by atoms with E-state index in [2.05, 4.69) is 245 Å². The van der Waals surface area contributed by atoms with Gasteiger partial charge in [-0.25, -0.2) is 55.7 Å². The van der Waals surface area contributed by atoms with Gasteiger partial charge in [-0.1, -0.05) is 216 Å². The smallest absolute Gasteiger partial charge is 0.336 e. The van der Waals surface area contributed by atoms with E-state index in [-0.39, 0.29) is 75.4 Å². The van der Waals surface area contributed by atoms with Crippen LogP contribution in [-0.4, -0.2) is 245 Å². The molecule has 0 radical (unpaired) electrons. The van der Waals surface area contributed by atoms with Crippen LogP contribution in [0.3, 0.4) is 0 Å². The zero-order chi connectivity index (χ0) is 75.7. The second-order valence-corrected chi connectivity index (χ2v) is 31.6. The quantitative estimate of drug-likeness (QED) is 0.0199. The van der Waals surface area contributed by atoms with Gasteiger partial charge >= 0.3 is 75.4 Å². The summed E-state index contributed by atoms with van der Waals surface area (Å²) in [5, 5.41) is 0. The van der Waals surface area contributed by atoms with Crippen molar-refractivity contribution >= 4 is 0 Å². The molecule has 5 saturated heterocycles. The molecule has 14 heteroatoms. The Morgan fingerprint density at radius 1 is 0.343 bits per heavy atom. The Bertz CT molecular complexity index is 2300. The molecule has 0 aromatic heterocycles. The van der Waals surface area contributed by atoms with E-state index in [9.17, 15) is 0 Å².